The molecule has 0 spiro atoms. The highest BCUT2D eigenvalue weighted by Gasteiger charge is 2.34. The maximum absolute atomic E-state index is 12.4. The Bertz CT molecular complexity index is 550. The molecule has 1 aliphatic heterocycles. The average molecular weight is 360 g/mol. The molecule has 0 amide bonds. The zero-order valence-electron chi connectivity index (χ0n) is 15.0. The maximum atomic E-state index is 12.4. The molecule has 0 aromatic heterocycles. The van der Waals surface area contributed by atoms with Gasteiger partial charge in [-0.25, -0.2) is 0 Å². The Morgan fingerprint density at radius 2 is 2.04 bits per heavy atom. The molecular weight excluding hydrogens is 333 g/mol. The molecule has 1 unspecified atom stereocenters. The quantitative estimate of drug-likeness (QED) is 0.770. The van der Waals surface area contributed by atoms with Gasteiger partial charge in [-0.05, 0) is 57.0 Å². The van der Waals surface area contributed by atoms with Gasteiger partial charge in [-0.1, -0.05) is 6.07 Å². The number of nitrogens with zero attached hydrogens (tertiary/aromatic N) is 1. The molecule has 7 heteroatoms. The van der Waals surface area contributed by atoms with Gasteiger partial charge in [0.15, 0.2) is 11.5 Å². The van der Waals surface area contributed by atoms with E-state index >= 15 is 0 Å². The number of halogens is 3. The Morgan fingerprint density at radius 3 is 2.68 bits per heavy atom. The van der Waals surface area contributed by atoms with Gasteiger partial charge in [0.25, 0.3) is 0 Å². The van der Waals surface area contributed by atoms with Crippen molar-refractivity contribution in [1.82, 2.24) is 10.2 Å². The number of nitrogens with one attached hydrogen (secondary N) is 1. The van der Waals surface area contributed by atoms with Crippen LogP contribution in [0.25, 0.3) is 0 Å². The van der Waals surface area contributed by atoms with Gasteiger partial charge in [0, 0.05) is 13.1 Å². The van der Waals surface area contributed by atoms with E-state index in [-0.39, 0.29) is 12.0 Å². The number of alkyl halides is 3. The van der Waals surface area contributed by atoms with Gasteiger partial charge in [0.2, 0.25) is 0 Å². The van der Waals surface area contributed by atoms with Crippen LogP contribution >= 0.6 is 0 Å². The standard InChI is InChI=1S/C18H27F3N2O2/c1-13(2)25-16-5-4-14(8-17(16)24-3)9-22-10-15-6-7-23(11-15)12-18(19,20)21/h4-5,8,13,15,22H,6-7,9-12H2,1-3H3. The minimum Gasteiger partial charge on any atom is -0.493 e. The first-order valence-electron chi connectivity index (χ1n) is 8.60. The minimum absolute atomic E-state index is 0.0693. The summed E-state index contributed by atoms with van der Waals surface area (Å²) in [4.78, 5) is 1.48. The van der Waals surface area contributed by atoms with E-state index in [4.69, 9.17) is 9.47 Å². The maximum Gasteiger partial charge on any atom is 0.401 e. The van der Waals surface area contributed by atoms with E-state index in [9.17, 15) is 13.2 Å². The Morgan fingerprint density at radius 1 is 1.28 bits per heavy atom. The first-order valence-corrected chi connectivity index (χ1v) is 8.60. The Kier molecular flexibility index (Phi) is 6.95. The van der Waals surface area contributed by atoms with Crippen molar-refractivity contribution in [3.63, 3.8) is 0 Å². The van der Waals surface area contributed by atoms with E-state index in [1.165, 1.54) is 4.90 Å². The number of likely N-dealkylation sites (tertiary alicyclic amines) is 1. The van der Waals surface area contributed by atoms with Crippen LogP contribution in [0.3, 0.4) is 0 Å². The molecule has 1 heterocycles. The molecule has 0 saturated carbocycles. The summed E-state index contributed by atoms with van der Waals surface area (Å²) in [6.07, 6.45) is -3.24. The summed E-state index contributed by atoms with van der Waals surface area (Å²) in [6, 6.07) is 5.78. The molecule has 0 aliphatic carbocycles. The third kappa shape index (κ3) is 6.74. The van der Waals surface area contributed by atoms with Crippen molar-refractivity contribution in [2.24, 2.45) is 5.92 Å². The molecule has 1 aromatic carbocycles. The Labute approximate surface area is 147 Å². The largest absolute Gasteiger partial charge is 0.493 e. The molecular formula is C18H27F3N2O2. The van der Waals surface area contributed by atoms with Gasteiger partial charge in [0.05, 0.1) is 19.8 Å². The normalized spacial score (nSPS) is 18.8. The second-order valence-electron chi connectivity index (χ2n) is 6.79. The van der Waals surface area contributed by atoms with Crippen molar-refractivity contribution in [3.8, 4) is 11.5 Å². The van der Waals surface area contributed by atoms with Gasteiger partial charge in [0.1, 0.15) is 0 Å². The van der Waals surface area contributed by atoms with Crippen molar-refractivity contribution in [2.75, 3.05) is 33.3 Å². The molecule has 4 nitrogen and oxygen atoms in total. The second kappa shape index (κ2) is 8.76. The SMILES string of the molecule is COc1cc(CNCC2CCN(CC(F)(F)F)C2)ccc1OC(C)C. The summed E-state index contributed by atoms with van der Waals surface area (Å²) in [5, 5.41) is 3.33. The van der Waals surface area contributed by atoms with E-state index in [1.807, 2.05) is 32.0 Å². The first kappa shape index (κ1) is 19.8. The summed E-state index contributed by atoms with van der Waals surface area (Å²) in [5.74, 6) is 1.65. The van der Waals surface area contributed by atoms with Crippen LogP contribution in [0.1, 0.15) is 25.8 Å². The molecule has 142 valence electrons. The number of methoxy groups -OCH3 is 1. The molecule has 1 atom stereocenters. The highest BCUT2D eigenvalue weighted by molar-refractivity contribution is 5.43. The highest BCUT2D eigenvalue weighted by atomic mass is 19.4. The summed E-state index contributed by atoms with van der Waals surface area (Å²) < 4.78 is 48.3. The van der Waals surface area contributed by atoms with Crippen LogP contribution in [0.4, 0.5) is 13.2 Å². The third-order valence-corrected chi connectivity index (χ3v) is 4.13. The molecule has 1 fully saturated rings. The first-order chi connectivity index (χ1) is 11.8. The summed E-state index contributed by atoms with van der Waals surface area (Å²) >= 11 is 0. The smallest absolute Gasteiger partial charge is 0.401 e. The van der Waals surface area contributed by atoms with Crippen molar-refractivity contribution < 1.29 is 22.6 Å². The van der Waals surface area contributed by atoms with Crippen LogP contribution in [0.5, 0.6) is 11.5 Å². The van der Waals surface area contributed by atoms with Crippen molar-refractivity contribution in [1.29, 1.82) is 0 Å². The van der Waals surface area contributed by atoms with Gasteiger partial charge in [-0.3, -0.25) is 4.90 Å². The van der Waals surface area contributed by atoms with Gasteiger partial charge >= 0.3 is 6.18 Å². The molecule has 1 saturated heterocycles. The molecule has 0 radical (unpaired) electrons. The van der Waals surface area contributed by atoms with E-state index < -0.39 is 12.7 Å². The summed E-state index contributed by atoms with van der Waals surface area (Å²) in [7, 11) is 1.60. The summed E-state index contributed by atoms with van der Waals surface area (Å²) in [6.45, 7) is 5.47. The summed E-state index contributed by atoms with van der Waals surface area (Å²) in [5.41, 5.74) is 1.05. The lowest BCUT2D eigenvalue weighted by atomic mass is 10.1. The second-order valence-corrected chi connectivity index (χ2v) is 6.79. The molecule has 1 aliphatic rings. The fourth-order valence-electron chi connectivity index (χ4n) is 3.07. The van der Waals surface area contributed by atoms with E-state index in [1.54, 1.807) is 7.11 Å². The van der Waals surface area contributed by atoms with Crippen molar-refractivity contribution in [3.05, 3.63) is 23.8 Å². The van der Waals surface area contributed by atoms with Crippen LogP contribution in [0, 0.1) is 5.92 Å². The Balaban J connectivity index is 1.78. The fraction of sp³-hybridized carbons (Fsp3) is 0.667. The zero-order chi connectivity index (χ0) is 18.4. The predicted molar refractivity (Wildman–Crippen MR) is 91.1 cm³/mol. The van der Waals surface area contributed by atoms with Crippen LogP contribution < -0.4 is 14.8 Å². The topological polar surface area (TPSA) is 33.7 Å². The van der Waals surface area contributed by atoms with E-state index in [0.29, 0.717) is 37.7 Å². The lowest BCUT2D eigenvalue weighted by Gasteiger charge is -2.18. The Hall–Kier alpha value is -1.47. The average Bonchev–Trinajstić information content (AvgIpc) is 2.93. The van der Waals surface area contributed by atoms with Gasteiger partial charge in [-0.15, -0.1) is 0 Å². The van der Waals surface area contributed by atoms with E-state index in [0.717, 1.165) is 12.0 Å². The van der Waals surface area contributed by atoms with Crippen LogP contribution in [0.15, 0.2) is 18.2 Å². The van der Waals surface area contributed by atoms with Gasteiger partial charge < -0.3 is 14.8 Å². The number of hydrogen-bond donors (Lipinski definition) is 1. The number of hydrogen-bond acceptors (Lipinski definition) is 4. The molecule has 0 bridgehead atoms. The molecule has 25 heavy (non-hydrogen) atoms. The lowest BCUT2D eigenvalue weighted by Crippen LogP contribution is -2.33. The third-order valence-electron chi connectivity index (χ3n) is 4.13. The minimum atomic E-state index is -4.11. The lowest BCUT2D eigenvalue weighted by molar-refractivity contribution is -0.143. The van der Waals surface area contributed by atoms with Crippen molar-refractivity contribution in [2.45, 2.75) is 39.1 Å². The van der Waals surface area contributed by atoms with Crippen LogP contribution in [0.2, 0.25) is 0 Å². The number of ether oxygens (including phenoxy) is 2. The molecule has 1 N–H and O–H groups in total. The zero-order valence-corrected chi connectivity index (χ0v) is 15.0. The monoisotopic (exact) mass is 360 g/mol. The van der Waals surface area contributed by atoms with Gasteiger partial charge in [-0.2, -0.15) is 13.2 Å². The van der Waals surface area contributed by atoms with Crippen LogP contribution in [-0.2, 0) is 6.54 Å². The van der Waals surface area contributed by atoms with Crippen LogP contribution in [-0.4, -0.2) is 50.5 Å². The fourth-order valence-corrected chi connectivity index (χ4v) is 3.07. The molecule has 1 aromatic rings. The van der Waals surface area contributed by atoms with Crippen molar-refractivity contribution >= 4 is 0 Å². The molecule has 2 rings (SSSR count). The highest BCUT2D eigenvalue weighted by Crippen LogP contribution is 2.29. The number of benzene rings is 1. The van der Waals surface area contributed by atoms with E-state index in [2.05, 4.69) is 5.32 Å². The predicted octanol–water partition coefficient (Wildman–Crippen LogP) is 3.46. The number of rotatable bonds is 8.